The minimum atomic E-state index is 0.287. The van der Waals surface area contributed by atoms with Gasteiger partial charge < -0.3 is 10.5 Å². The molecule has 0 amide bonds. The monoisotopic (exact) mass is 274 g/mol. The van der Waals surface area contributed by atoms with E-state index in [4.69, 9.17) is 10.5 Å². The molecule has 3 rings (SSSR count). The quantitative estimate of drug-likeness (QED) is 0.935. The van der Waals surface area contributed by atoms with Crippen molar-refractivity contribution in [2.75, 3.05) is 19.7 Å². The number of nitrogens with zero attached hydrogens (tertiary/aromatic N) is 1. The second-order valence-corrected chi connectivity index (χ2v) is 5.67. The summed E-state index contributed by atoms with van der Waals surface area (Å²) in [5.41, 5.74) is 7.24. The van der Waals surface area contributed by atoms with Gasteiger partial charge in [0, 0.05) is 30.1 Å². The lowest BCUT2D eigenvalue weighted by Gasteiger charge is -2.28. The summed E-state index contributed by atoms with van der Waals surface area (Å²) in [6.45, 7) is 3.17. The smallest absolute Gasteiger partial charge is 0.123 e. The summed E-state index contributed by atoms with van der Waals surface area (Å²) in [6, 6.07) is 12.8. The van der Waals surface area contributed by atoms with Gasteiger partial charge in [-0.1, -0.05) is 24.3 Å². The molecule has 2 heterocycles. The standard InChI is InChI=1S/C15H18N2OS/c16-10-13(15-6-3-9-19-15)17-7-8-18-14-5-2-1-4-12(14)11-17/h1-6,9,13H,7-8,10-11,16H2. The van der Waals surface area contributed by atoms with Crippen molar-refractivity contribution < 1.29 is 4.74 Å². The molecular formula is C15H18N2OS. The second-order valence-electron chi connectivity index (χ2n) is 4.69. The van der Waals surface area contributed by atoms with Crippen LogP contribution in [-0.2, 0) is 6.54 Å². The summed E-state index contributed by atoms with van der Waals surface area (Å²) >= 11 is 1.77. The van der Waals surface area contributed by atoms with E-state index in [0.717, 1.165) is 25.4 Å². The van der Waals surface area contributed by atoms with Gasteiger partial charge in [-0.15, -0.1) is 11.3 Å². The predicted molar refractivity (Wildman–Crippen MR) is 78.5 cm³/mol. The Hall–Kier alpha value is -1.36. The summed E-state index contributed by atoms with van der Waals surface area (Å²) in [5, 5.41) is 2.11. The lowest BCUT2D eigenvalue weighted by Crippen LogP contribution is -2.34. The molecule has 0 saturated heterocycles. The summed E-state index contributed by atoms with van der Waals surface area (Å²) in [6.07, 6.45) is 0. The molecule has 0 fully saturated rings. The average Bonchev–Trinajstić information content (AvgIpc) is 2.87. The normalized spacial score (nSPS) is 17.3. The topological polar surface area (TPSA) is 38.5 Å². The summed E-state index contributed by atoms with van der Waals surface area (Å²) < 4.78 is 5.81. The maximum Gasteiger partial charge on any atom is 0.123 e. The van der Waals surface area contributed by atoms with E-state index in [-0.39, 0.29) is 6.04 Å². The lowest BCUT2D eigenvalue weighted by atomic mass is 10.1. The highest BCUT2D eigenvalue weighted by molar-refractivity contribution is 7.10. The highest BCUT2D eigenvalue weighted by Crippen LogP contribution is 2.29. The van der Waals surface area contributed by atoms with Crippen LogP contribution < -0.4 is 10.5 Å². The number of ether oxygens (including phenoxy) is 1. The van der Waals surface area contributed by atoms with Gasteiger partial charge in [-0.3, -0.25) is 4.90 Å². The molecule has 100 valence electrons. The fraction of sp³-hybridized carbons (Fsp3) is 0.333. The van der Waals surface area contributed by atoms with Gasteiger partial charge in [0.2, 0.25) is 0 Å². The maximum atomic E-state index is 5.99. The number of hydrogen-bond acceptors (Lipinski definition) is 4. The molecule has 2 N–H and O–H groups in total. The largest absolute Gasteiger partial charge is 0.492 e. The zero-order valence-electron chi connectivity index (χ0n) is 10.8. The van der Waals surface area contributed by atoms with Crippen LogP contribution in [0.25, 0.3) is 0 Å². The van der Waals surface area contributed by atoms with E-state index in [1.165, 1.54) is 10.4 Å². The maximum absolute atomic E-state index is 5.99. The van der Waals surface area contributed by atoms with Crippen molar-refractivity contribution in [3.63, 3.8) is 0 Å². The van der Waals surface area contributed by atoms with Crippen LogP contribution in [0.15, 0.2) is 41.8 Å². The van der Waals surface area contributed by atoms with Gasteiger partial charge >= 0.3 is 0 Å². The fourth-order valence-electron chi connectivity index (χ4n) is 2.54. The SMILES string of the molecule is NCC(c1cccs1)N1CCOc2ccccc2C1. The van der Waals surface area contributed by atoms with Crippen LogP contribution in [0, 0.1) is 0 Å². The van der Waals surface area contributed by atoms with Gasteiger partial charge in [-0.05, 0) is 17.5 Å². The second kappa shape index (κ2) is 5.74. The van der Waals surface area contributed by atoms with Gasteiger partial charge in [0.15, 0.2) is 0 Å². The van der Waals surface area contributed by atoms with E-state index >= 15 is 0 Å². The third-order valence-corrected chi connectivity index (χ3v) is 4.49. The Bertz CT molecular complexity index is 527. The van der Waals surface area contributed by atoms with Crippen LogP contribution in [-0.4, -0.2) is 24.6 Å². The summed E-state index contributed by atoms with van der Waals surface area (Å²) in [4.78, 5) is 3.75. The molecule has 1 aliphatic heterocycles. The Morgan fingerprint density at radius 2 is 2.16 bits per heavy atom. The number of para-hydroxylation sites is 1. The van der Waals surface area contributed by atoms with E-state index in [0.29, 0.717) is 6.54 Å². The van der Waals surface area contributed by atoms with Gasteiger partial charge in [0.25, 0.3) is 0 Å². The molecule has 1 aliphatic rings. The average molecular weight is 274 g/mol. The Balaban J connectivity index is 1.85. The van der Waals surface area contributed by atoms with Gasteiger partial charge in [0.05, 0.1) is 6.04 Å². The first kappa shape index (κ1) is 12.7. The summed E-state index contributed by atoms with van der Waals surface area (Å²) in [5.74, 6) is 1.01. The Morgan fingerprint density at radius 1 is 1.26 bits per heavy atom. The molecule has 1 unspecified atom stereocenters. The van der Waals surface area contributed by atoms with E-state index in [1.54, 1.807) is 11.3 Å². The molecule has 2 aromatic rings. The zero-order chi connectivity index (χ0) is 13.1. The zero-order valence-corrected chi connectivity index (χ0v) is 11.6. The third-order valence-electron chi connectivity index (χ3n) is 3.52. The molecule has 4 heteroatoms. The first-order valence-electron chi connectivity index (χ1n) is 6.56. The van der Waals surface area contributed by atoms with Crippen molar-refractivity contribution in [2.24, 2.45) is 5.73 Å². The molecule has 0 spiro atoms. The van der Waals surface area contributed by atoms with Crippen molar-refractivity contribution in [3.8, 4) is 5.75 Å². The van der Waals surface area contributed by atoms with Crippen molar-refractivity contribution in [3.05, 3.63) is 52.2 Å². The molecule has 3 nitrogen and oxygen atoms in total. The number of thiophene rings is 1. The minimum absolute atomic E-state index is 0.287. The molecule has 0 saturated carbocycles. The first-order valence-corrected chi connectivity index (χ1v) is 7.44. The van der Waals surface area contributed by atoms with Crippen LogP contribution in [0.5, 0.6) is 5.75 Å². The fourth-order valence-corrected chi connectivity index (χ4v) is 3.41. The van der Waals surface area contributed by atoms with E-state index in [1.807, 2.05) is 12.1 Å². The molecule has 1 aromatic carbocycles. The number of rotatable bonds is 3. The van der Waals surface area contributed by atoms with Crippen LogP contribution >= 0.6 is 11.3 Å². The van der Waals surface area contributed by atoms with Crippen LogP contribution in [0.2, 0.25) is 0 Å². The first-order chi connectivity index (χ1) is 9.38. The Labute approximate surface area is 117 Å². The van der Waals surface area contributed by atoms with Crippen molar-refractivity contribution >= 4 is 11.3 Å². The highest BCUT2D eigenvalue weighted by atomic mass is 32.1. The number of hydrogen-bond donors (Lipinski definition) is 1. The van der Waals surface area contributed by atoms with E-state index in [9.17, 15) is 0 Å². The molecule has 1 atom stereocenters. The van der Waals surface area contributed by atoms with Crippen molar-refractivity contribution in [1.82, 2.24) is 4.90 Å². The van der Waals surface area contributed by atoms with E-state index < -0.39 is 0 Å². The number of nitrogens with two attached hydrogens (primary N) is 1. The van der Waals surface area contributed by atoms with Gasteiger partial charge in [0.1, 0.15) is 12.4 Å². The Kier molecular flexibility index (Phi) is 3.82. The molecule has 19 heavy (non-hydrogen) atoms. The van der Waals surface area contributed by atoms with Crippen LogP contribution in [0.1, 0.15) is 16.5 Å². The molecule has 0 aliphatic carbocycles. The highest BCUT2D eigenvalue weighted by Gasteiger charge is 2.23. The van der Waals surface area contributed by atoms with Crippen molar-refractivity contribution in [1.29, 1.82) is 0 Å². The molecule has 0 radical (unpaired) electrons. The van der Waals surface area contributed by atoms with Crippen molar-refractivity contribution in [2.45, 2.75) is 12.6 Å². The van der Waals surface area contributed by atoms with Gasteiger partial charge in [-0.2, -0.15) is 0 Å². The molecule has 1 aromatic heterocycles. The van der Waals surface area contributed by atoms with Gasteiger partial charge in [-0.25, -0.2) is 0 Å². The Morgan fingerprint density at radius 3 is 2.95 bits per heavy atom. The number of benzene rings is 1. The third kappa shape index (κ3) is 2.66. The molecular weight excluding hydrogens is 256 g/mol. The summed E-state index contributed by atoms with van der Waals surface area (Å²) in [7, 11) is 0. The minimum Gasteiger partial charge on any atom is -0.492 e. The van der Waals surface area contributed by atoms with Crippen LogP contribution in [0.3, 0.4) is 0 Å². The van der Waals surface area contributed by atoms with Crippen LogP contribution in [0.4, 0.5) is 0 Å². The molecule has 0 bridgehead atoms. The predicted octanol–water partition coefficient (Wildman–Crippen LogP) is 2.64. The number of fused-ring (bicyclic) bond motifs is 1. The lowest BCUT2D eigenvalue weighted by molar-refractivity contribution is 0.175. The van der Waals surface area contributed by atoms with E-state index in [2.05, 4.69) is 34.5 Å².